The van der Waals surface area contributed by atoms with E-state index in [2.05, 4.69) is 15.9 Å². The number of halogens is 1. The average molecular weight is 329 g/mol. The molecule has 0 saturated carbocycles. The van der Waals surface area contributed by atoms with Crippen LogP contribution in [0.1, 0.15) is 24.2 Å². The Morgan fingerprint density at radius 1 is 1.21 bits per heavy atom. The molecule has 5 heteroatoms. The van der Waals surface area contributed by atoms with E-state index in [9.17, 15) is 9.59 Å². The van der Waals surface area contributed by atoms with Gasteiger partial charge in [0.25, 0.3) is 0 Å². The molecule has 0 atom stereocenters. The van der Waals surface area contributed by atoms with Crippen molar-refractivity contribution in [3.8, 4) is 5.75 Å². The lowest BCUT2D eigenvalue weighted by Crippen LogP contribution is -2.12. The Balaban J connectivity index is 2.51. The minimum atomic E-state index is -0.350. The number of hydrogen-bond acceptors (Lipinski definition) is 4. The van der Waals surface area contributed by atoms with Gasteiger partial charge in [-0.15, -0.1) is 0 Å². The van der Waals surface area contributed by atoms with E-state index < -0.39 is 0 Å². The van der Waals surface area contributed by atoms with Gasteiger partial charge in [0.15, 0.2) is 5.78 Å². The number of hydrogen-bond donors (Lipinski definition) is 0. The molecule has 0 aliphatic heterocycles. The fraction of sp³-hybridized carbons (Fsp3) is 0.429. The molecule has 19 heavy (non-hydrogen) atoms. The number of carbonyl (C=O) groups excluding carboxylic acids is 2. The highest BCUT2D eigenvalue weighted by Gasteiger charge is 2.08. The number of Topliss-reactive ketones (excluding diaryl/α,β-unsaturated/α-hetero) is 1. The smallest absolute Gasteiger partial charge is 0.338 e. The van der Waals surface area contributed by atoms with Gasteiger partial charge >= 0.3 is 5.97 Å². The molecule has 1 aromatic carbocycles. The van der Waals surface area contributed by atoms with Crippen molar-refractivity contribution in [2.75, 3.05) is 18.5 Å². The third kappa shape index (κ3) is 5.87. The van der Waals surface area contributed by atoms with Crippen molar-refractivity contribution in [1.29, 1.82) is 0 Å². The molecule has 0 N–H and O–H groups in total. The largest absolute Gasteiger partial charge is 0.486 e. The summed E-state index contributed by atoms with van der Waals surface area (Å²) in [6.45, 7) is 4.37. The molecule has 0 aromatic heterocycles. The van der Waals surface area contributed by atoms with Gasteiger partial charge in [0, 0.05) is 0 Å². The van der Waals surface area contributed by atoms with Crippen LogP contribution in [0.3, 0.4) is 0 Å². The maximum atomic E-state index is 11.6. The summed E-state index contributed by atoms with van der Waals surface area (Å²) in [6.07, 6.45) is 0. The second-order valence-electron chi connectivity index (χ2n) is 4.48. The molecule has 0 heterocycles. The zero-order valence-corrected chi connectivity index (χ0v) is 12.6. The van der Waals surface area contributed by atoms with Crippen LogP contribution in [0.2, 0.25) is 0 Å². The molecular formula is C14H17BrO4. The van der Waals surface area contributed by atoms with Crippen molar-refractivity contribution >= 4 is 27.7 Å². The fourth-order valence-electron chi connectivity index (χ4n) is 1.22. The molecule has 0 spiro atoms. The highest BCUT2D eigenvalue weighted by Crippen LogP contribution is 2.13. The van der Waals surface area contributed by atoms with Crippen molar-refractivity contribution in [1.82, 2.24) is 0 Å². The standard InChI is InChI=1S/C14H17BrO4/c1-10(2)8-19-14(17)11-3-5-13(6-4-11)18-9-12(16)7-15/h3-6,10H,7-9H2,1-2H3. The van der Waals surface area contributed by atoms with Crippen molar-refractivity contribution < 1.29 is 19.1 Å². The number of benzene rings is 1. The summed E-state index contributed by atoms with van der Waals surface area (Å²) in [5.74, 6) is 0.466. The Morgan fingerprint density at radius 3 is 2.37 bits per heavy atom. The molecule has 0 saturated heterocycles. The zero-order valence-electron chi connectivity index (χ0n) is 11.0. The summed E-state index contributed by atoms with van der Waals surface area (Å²) in [5.41, 5.74) is 0.472. The van der Waals surface area contributed by atoms with E-state index in [0.29, 0.717) is 23.8 Å². The maximum Gasteiger partial charge on any atom is 0.338 e. The predicted octanol–water partition coefficient (Wildman–Crippen LogP) is 2.84. The summed E-state index contributed by atoms with van der Waals surface area (Å²) in [7, 11) is 0. The second kappa shape index (κ2) is 7.94. The van der Waals surface area contributed by atoms with E-state index in [4.69, 9.17) is 9.47 Å². The molecule has 0 fully saturated rings. The van der Waals surface area contributed by atoms with Crippen LogP contribution in [0.4, 0.5) is 0 Å². The number of carbonyl (C=O) groups is 2. The highest BCUT2D eigenvalue weighted by atomic mass is 79.9. The molecule has 4 nitrogen and oxygen atoms in total. The van der Waals surface area contributed by atoms with Crippen molar-refractivity contribution in [2.24, 2.45) is 5.92 Å². The minimum Gasteiger partial charge on any atom is -0.486 e. The van der Waals surface area contributed by atoms with Gasteiger partial charge in [-0.3, -0.25) is 4.79 Å². The average Bonchev–Trinajstić information content (AvgIpc) is 2.42. The van der Waals surface area contributed by atoms with E-state index in [0.717, 1.165) is 0 Å². The van der Waals surface area contributed by atoms with Gasteiger partial charge < -0.3 is 9.47 Å². The Kier molecular flexibility index (Phi) is 6.56. The van der Waals surface area contributed by atoms with E-state index in [-0.39, 0.29) is 23.7 Å². The van der Waals surface area contributed by atoms with Gasteiger partial charge in [-0.05, 0) is 30.2 Å². The quantitative estimate of drug-likeness (QED) is 0.570. The third-order valence-electron chi connectivity index (χ3n) is 2.19. The Bertz CT molecular complexity index is 426. The molecular weight excluding hydrogens is 312 g/mol. The highest BCUT2D eigenvalue weighted by molar-refractivity contribution is 9.09. The Hall–Kier alpha value is -1.36. The summed E-state index contributed by atoms with van der Waals surface area (Å²) in [4.78, 5) is 22.7. The molecule has 1 rings (SSSR count). The van der Waals surface area contributed by atoms with Crippen LogP contribution < -0.4 is 4.74 Å². The van der Waals surface area contributed by atoms with Gasteiger partial charge in [-0.25, -0.2) is 4.79 Å². The third-order valence-corrected chi connectivity index (χ3v) is 2.81. The first kappa shape index (κ1) is 15.7. The summed E-state index contributed by atoms with van der Waals surface area (Å²) in [6, 6.07) is 6.54. The minimum absolute atomic E-state index is 0.0163. The number of alkyl halides is 1. The lowest BCUT2D eigenvalue weighted by atomic mass is 10.2. The SMILES string of the molecule is CC(C)COC(=O)c1ccc(OCC(=O)CBr)cc1. The first-order valence-electron chi connectivity index (χ1n) is 6.00. The van der Waals surface area contributed by atoms with Crippen molar-refractivity contribution in [2.45, 2.75) is 13.8 Å². The van der Waals surface area contributed by atoms with Crippen LogP contribution in [0, 0.1) is 5.92 Å². The van der Waals surface area contributed by atoms with E-state index in [1.165, 1.54) is 0 Å². The molecule has 0 amide bonds. The van der Waals surface area contributed by atoms with Crippen LogP contribution in [0.25, 0.3) is 0 Å². The summed E-state index contributed by atoms with van der Waals surface area (Å²) >= 11 is 3.06. The van der Waals surface area contributed by atoms with Crippen LogP contribution >= 0.6 is 15.9 Å². The van der Waals surface area contributed by atoms with Gasteiger partial charge in [-0.2, -0.15) is 0 Å². The van der Waals surface area contributed by atoms with E-state index in [1.54, 1.807) is 24.3 Å². The summed E-state index contributed by atoms with van der Waals surface area (Å²) in [5, 5.41) is 0.270. The van der Waals surface area contributed by atoms with Crippen LogP contribution in [-0.2, 0) is 9.53 Å². The zero-order chi connectivity index (χ0) is 14.3. The van der Waals surface area contributed by atoms with Crippen molar-refractivity contribution in [3.05, 3.63) is 29.8 Å². The summed E-state index contributed by atoms with van der Waals surface area (Å²) < 4.78 is 10.4. The Morgan fingerprint density at radius 2 is 1.84 bits per heavy atom. The van der Waals surface area contributed by atoms with Gasteiger partial charge in [-0.1, -0.05) is 29.8 Å². The molecule has 0 aliphatic rings. The fourth-order valence-corrected chi connectivity index (χ4v) is 1.38. The van der Waals surface area contributed by atoms with Gasteiger partial charge in [0.1, 0.15) is 12.4 Å². The number of rotatable bonds is 7. The first-order valence-corrected chi connectivity index (χ1v) is 7.12. The normalized spacial score (nSPS) is 10.3. The number of ether oxygens (including phenoxy) is 2. The predicted molar refractivity (Wildman–Crippen MR) is 75.9 cm³/mol. The van der Waals surface area contributed by atoms with E-state index in [1.807, 2.05) is 13.8 Å². The monoisotopic (exact) mass is 328 g/mol. The molecule has 0 radical (unpaired) electrons. The second-order valence-corrected chi connectivity index (χ2v) is 5.04. The topological polar surface area (TPSA) is 52.6 Å². The molecule has 104 valence electrons. The first-order chi connectivity index (χ1) is 9.02. The molecule has 0 unspecified atom stereocenters. The molecule has 1 aromatic rings. The van der Waals surface area contributed by atoms with Crippen molar-refractivity contribution in [3.63, 3.8) is 0 Å². The van der Waals surface area contributed by atoms with Crippen LogP contribution in [0.5, 0.6) is 5.75 Å². The van der Waals surface area contributed by atoms with Gasteiger partial charge in [0.05, 0.1) is 17.5 Å². The number of esters is 1. The van der Waals surface area contributed by atoms with Crippen LogP contribution in [-0.4, -0.2) is 30.3 Å². The molecule has 0 bridgehead atoms. The lowest BCUT2D eigenvalue weighted by Gasteiger charge is -2.08. The number of ketones is 1. The lowest BCUT2D eigenvalue weighted by molar-refractivity contribution is -0.118. The maximum absolute atomic E-state index is 11.6. The van der Waals surface area contributed by atoms with Crippen LogP contribution in [0.15, 0.2) is 24.3 Å². The van der Waals surface area contributed by atoms with E-state index >= 15 is 0 Å². The van der Waals surface area contributed by atoms with Gasteiger partial charge in [0.2, 0.25) is 0 Å². The Labute approximate surface area is 121 Å². The molecule has 0 aliphatic carbocycles.